The lowest BCUT2D eigenvalue weighted by Crippen LogP contribution is -2.10. The highest BCUT2D eigenvalue weighted by atomic mass is 35.5. The number of nitrogen functional groups attached to an aromatic ring is 1. The summed E-state index contributed by atoms with van der Waals surface area (Å²) >= 11 is 13.4. The minimum Gasteiger partial charge on any atom is -0.398 e. The maximum Gasteiger partial charge on any atom is 0.265 e. The number of hydrogen-bond donors (Lipinski definition) is 2. The fourth-order valence-electron chi connectivity index (χ4n) is 1.53. The number of hydrogen-bond acceptors (Lipinski definition) is 3. The summed E-state index contributed by atoms with van der Waals surface area (Å²) in [6.45, 7) is 3.72. The van der Waals surface area contributed by atoms with Crippen molar-refractivity contribution in [2.45, 2.75) is 13.8 Å². The maximum atomic E-state index is 12.1. The van der Waals surface area contributed by atoms with Crippen LogP contribution in [0.15, 0.2) is 18.2 Å². The highest BCUT2D eigenvalue weighted by Gasteiger charge is 2.13. The lowest BCUT2D eigenvalue weighted by Gasteiger charge is -2.08. The van der Waals surface area contributed by atoms with Crippen LogP contribution in [0.25, 0.3) is 0 Å². The Kier molecular flexibility index (Phi) is 4.04. The van der Waals surface area contributed by atoms with Crippen LogP contribution in [0, 0.1) is 13.8 Å². The van der Waals surface area contributed by atoms with E-state index in [0.29, 0.717) is 26.3 Å². The molecule has 0 aliphatic heterocycles. The van der Waals surface area contributed by atoms with E-state index in [-0.39, 0.29) is 5.91 Å². The van der Waals surface area contributed by atoms with E-state index in [4.69, 9.17) is 28.9 Å². The minimum atomic E-state index is -0.244. The highest BCUT2D eigenvalue weighted by Crippen LogP contribution is 2.30. The number of anilines is 2. The van der Waals surface area contributed by atoms with Gasteiger partial charge in [-0.05, 0) is 37.6 Å². The zero-order valence-electron chi connectivity index (χ0n) is 10.4. The number of rotatable bonds is 2. The number of benzene rings is 1. The number of carbonyl (C=O) groups is 1. The van der Waals surface area contributed by atoms with E-state index in [1.54, 1.807) is 18.2 Å². The van der Waals surface area contributed by atoms with Crippen molar-refractivity contribution in [1.29, 1.82) is 0 Å². The van der Waals surface area contributed by atoms with Crippen LogP contribution >= 0.6 is 34.5 Å². The molecule has 0 atom stereocenters. The monoisotopic (exact) mass is 314 g/mol. The van der Waals surface area contributed by atoms with Crippen LogP contribution in [0.2, 0.25) is 10.0 Å². The Morgan fingerprint density at radius 1 is 1.21 bits per heavy atom. The van der Waals surface area contributed by atoms with Gasteiger partial charge in [0, 0.05) is 15.6 Å². The van der Waals surface area contributed by atoms with E-state index in [1.807, 2.05) is 13.8 Å². The second kappa shape index (κ2) is 5.41. The van der Waals surface area contributed by atoms with Gasteiger partial charge in [0.2, 0.25) is 0 Å². The fraction of sp³-hybridized carbons (Fsp3) is 0.154. The summed E-state index contributed by atoms with van der Waals surface area (Å²) in [6.07, 6.45) is 0. The van der Waals surface area contributed by atoms with Gasteiger partial charge in [0.1, 0.15) is 0 Å². The summed E-state index contributed by atoms with van der Waals surface area (Å²) in [7, 11) is 0. The van der Waals surface area contributed by atoms with Crippen molar-refractivity contribution in [2.75, 3.05) is 11.1 Å². The maximum absolute atomic E-state index is 12.1. The Balaban J connectivity index is 2.26. The first-order chi connectivity index (χ1) is 8.88. The third-order valence-corrected chi connectivity index (χ3v) is 4.46. The first-order valence-corrected chi connectivity index (χ1v) is 7.08. The fourth-order valence-corrected chi connectivity index (χ4v) is 2.80. The molecule has 3 nitrogen and oxygen atoms in total. The van der Waals surface area contributed by atoms with E-state index in [9.17, 15) is 4.79 Å². The zero-order chi connectivity index (χ0) is 14.2. The number of aryl methyl sites for hydroxylation is 2. The lowest BCUT2D eigenvalue weighted by molar-refractivity contribution is 0.103. The number of nitrogens with two attached hydrogens (primary N) is 1. The molecule has 0 radical (unpaired) electrons. The van der Waals surface area contributed by atoms with Gasteiger partial charge in [-0.25, -0.2) is 0 Å². The molecule has 0 aliphatic rings. The van der Waals surface area contributed by atoms with Crippen molar-refractivity contribution in [1.82, 2.24) is 0 Å². The molecule has 6 heteroatoms. The third-order valence-electron chi connectivity index (χ3n) is 2.68. The van der Waals surface area contributed by atoms with Crippen LogP contribution in [-0.2, 0) is 0 Å². The molecule has 1 amide bonds. The van der Waals surface area contributed by atoms with Crippen LogP contribution in [0.4, 0.5) is 11.4 Å². The normalized spacial score (nSPS) is 10.5. The first kappa shape index (κ1) is 14.2. The molecule has 1 aromatic heterocycles. The summed E-state index contributed by atoms with van der Waals surface area (Å²) in [6, 6.07) is 5.01. The Hall–Kier alpha value is -1.23. The summed E-state index contributed by atoms with van der Waals surface area (Å²) in [4.78, 5) is 13.5. The van der Waals surface area contributed by atoms with E-state index < -0.39 is 0 Å². The van der Waals surface area contributed by atoms with Crippen molar-refractivity contribution in [3.05, 3.63) is 43.6 Å². The second-order valence-corrected chi connectivity index (χ2v) is 6.23. The van der Waals surface area contributed by atoms with Gasteiger partial charge in [0.05, 0.1) is 15.6 Å². The molecule has 0 saturated carbocycles. The molecule has 0 unspecified atom stereocenters. The van der Waals surface area contributed by atoms with Gasteiger partial charge in [-0.1, -0.05) is 23.2 Å². The van der Waals surface area contributed by atoms with Gasteiger partial charge in [-0.3, -0.25) is 4.79 Å². The predicted molar refractivity (Wildman–Crippen MR) is 82.6 cm³/mol. The Bertz CT molecular complexity index is 633. The molecular weight excluding hydrogens is 303 g/mol. The molecule has 1 aromatic carbocycles. The summed E-state index contributed by atoms with van der Waals surface area (Å²) in [5.41, 5.74) is 7.70. The molecule has 0 spiro atoms. The minimum absolute atomic E-state index is 0.244. The largest absolute Gasteiger partial charge is 0.398 e. The number of thiophene rings is 1. The van der Waals surface area contributed by atoms with Gasteiger partial charge >= 0.3 is 0 Å². The second-order valence-electron chi connectivity index (χ2n) is 4.16. The highest BCUT2D eigenvalue weighted by molar-refractivity contribution is 7.14. The molecule has 3 N–H and O–H groups in total. The van der Waals surface area contributed by atoms with Crippen molar-refractivity contribution in [3.63, 3.8) is 0 Å². The van der Waals surface area contributed by atoms with Crippen molar-refractivity contribution >= 4 is 51.8 Å². The topological polar surface area (TPSA) is 55.1 Å². The smallest absolute Gasteiger partial charge is 0.265 e. The average molecular weight is 315 g/mol. The molecule has 0 saturated heterocycles. The van der Waals surface area contributed by atoms with Crippen LogP contribution < -0.4 is 11.1 Å². The Morgan fingerprint density at radius 2 is 1.89 bits per heavy atom. The number of carbonyl (C=O) groups excluding carboxylic acids is 1. The van der Waals surface area contributed by atoms with E-state index in [0.717, 1.165) is 10.4 Å². The van der Waals surface area contributed by atoms with Crippen molar-refractivity contribution in [3.8, 4) is 0 Å². The average Bonchev–Trinajstić information content (AvgIpc) is 2.67. The SMILES string of the molecule is Cc1cc(Cl)c(NC(=O)c2cc(N)c(C)s2)cc1Cl. The van der Waals surface area contributed by atoms with Crippen molar-refractivity contribution < 1.29 is 4.79 Å². The molecule has 1 heterocycles. The van der Waals surface area contributed by atoms with Gasteiger partial charge in [-0.2, -0.15) is 0 Å². The predicted octanol–water partition coefficient (Wildman–Crippen LogP) is 4.51. The van der Waals surface area contributed by atoms with Gasteiger partial charge in [0.25, 0.3) is 5.91 Å². The molecule has 0 fully saturated rings. The number of nitrogens with one attached hydrogen (secondary N) is 1. The summed E-state index contributed by atoms with van der Waals surface area (Å²) in [5, 5.41) is 3.75. The van der Waals surface area contributed by atoms with E-state index in [2.05, 4.69) is 5.32 Å². The van der Waals surface area contributed by atoms with Gasteiger partial charge < -0.3 is 11.1 Å². The first-order valence-electron chi connectivity index (χ1n) is 5.51. The van der Waals surface area contributed by atoms with Gasteiger partial charge in [0.15, 0.2) is 0 Å². The van der Waals surface area contributed by atoms with Crippen LogP contribution in [0.3, 0.4) is 0 Å². The Labute approximate surface area is 125 Å². The molecule has 19 heavy (non-hydrogen) atoms. The summed E-state index contributed by atoms with van der Waals surface area (Å²) < 4.78 is 0. The molecule has 0 bridgehead atoms. The van der Waals surface area contributed by atoms with Gasteiger partial charge in [-0.15, -0.1) is 11.3 Å². The van der Waals surface area contributed by atoms with Crippen LogP contribution in [0.1, 0.15) is 20.1 Å². The van der Waals surface area contributed by atoms with Crippen LogP contribution in [-0.4, -0.2) is 5.91 Å². The molecule has 100 valence electrons. The lowest BCUT2D eigenvalue weighted by atomic mass is 10.2. The number of amides is 1. The third kappa shape index (κ3) is 3.03. The zero-order valence-corrected chi connectivity index (χ0v) is 12.7. The summed E-state index contributed by atoms with van der Waals surface area (Å²) in [5.74, 6) is -0.244. The van der Waals surface area contributed by atoms with E-state index in [1.165, 1.54) is 11.3 Å². The van der Waals surface area contributed by atoms with E-state index >= 15 is 0 Å². The number of halogens is 2. The quantitative estimate of drug-likeness (QED) is 0.857. The molecule has 0 aliphatic carbocycles. The molecule has 2 rings (SSSR count). The molecular formula is C13H12Cl2N2OS. The van der Waals surface area contributed by atoms with Crippen LogP contribution in [0.5, 0.6) is 0 Å². The standard InChI is InChI=1S/C13H12Cl2N2OS/c1-6-3-9(15)11(4-8(6)14)17-13(18)12-5-10(16)7(2)19-12/h3-5H,16H2,1-2H3,(H,17,18). The molecule has 2 aromatic rings. The van der Waals surface area contributed by atoms with Crippen molar-refractivity contribution in [2.24, 2.45) is 0 Å². The Morgan fingerprint density at radius 3 is 2.47 bits per heavy atom.